The van der Waals surface area contributed by atoms with Crippen molar-refractivity contribution < 1.29 is 15.0 Å². The lowest BCUT2D eigenvalue weighted by Crippen LogP contribution is -1.98. The summed E-state index contributed by atoms with van der Waals surface area (Å²) < 4.78 is 0. The molecule has 0 aromatic carbocycles. The lowest BCUT2D eigenvalue weighted by Gasteiger charge is -2.00. The Morgan fingerprint density at radius 1 is 1.50 bits per heavy atom. The predicted octanol–water partition coefficient (Wildman–Crippen LogP) is 0.256. The van der Waals surface area contributed by atoms with Crippen LogP contribution in [-0.4, -0.2) is 27.1 Å². The van der Waals surface area contributed by atoms with Crippen molar-refractivity contribution in [2.24, 2.45) is 5.16 Å². The van der Waals surface area contributed by atoms with Gasteiger partial charge in [-0.2, -0.15) is 0 Å². The molecular formula is C3H9NO3P+. The third-order valence-electron chi connectivity index (χ3n) is 0.758. The molecule has 0 spiro atoms. The van der Waals surface area contributed by atoms with Crippen LogP contribution in [0.5, 0.6) is 0 Å². The van der Waals surface area contributed by atoms with Crippen molar-refractivity contribution in [1.82, 2.24) is 0 Å². The molecule has 0 aromatic heterocycles. The fraction of sp³-hybridized carbons (Fsp3) is 0.667. The molecule has 5 heteroatoms. The summed E-state index contributed by atoms with van der Waals surface area (Å²) in [7, 11) is -3.01. The zero-order chi connectivity index (χ0) is 6.78. The molecule has 3 N–H and O–H groups in total. The number of rotatable bonds is 1. The van der Waals surface area contributed by atoms with Crippen molar-refractivity contribution in [2.45, 2.75) is 6.92 Å². The van der Waals surface area contributed by atoms with Crippen molar-refractivity contribution in [3.63, 3.8) is 0 Å². The highest BCUT2D eigenvalue weighted by Crippen LogP contribution is 2.46. The molecule has 0 saturated heterocycles. The van der Waals surface area contributed by atoms with Crippen LogP contribution >= 0.6 is 7.72 Å². The van der Waals surface area contributed by atoms with Gasteiger partial charge >= 0.3 is 7.72 Å². The maximum atomic E-state index is 8.66. The molecule has 0 rings (SSSR count). The number of hydrogen-bond donors (Lipinski definition) is 3. The summed E-state index contributed by atoms with van der Waals surface area (Å²) in [5.74, 6) is 0. The SMILES string of the molecule is CC(=NO)[P+](C)(O)O. The Bertz CT molecular complexity index is 106. The maximum Gasteiger partial charge on any atom is 0.314 e. The van der Waals surface area contributed by atoms with E-state index in [4.69, 9.17) is 15.0 Å². The largest absolute Gasteiger partial charge is 0.408 e. The van der Waals surface area contributed by atoms with Crippen LogP contribution in [0.2, 0.25) is 0 Å². The van der Waals surface area contributed by atoms with Crippen LogP contribution in [0.15, 0.2) is 5.16 Å². The standard InChI is InChI=1S/C3H8NO3P/c1-3(4-5)8(2,6)7/h6-7H,1-2H3/p+1. The molecule has 0 aromatic rings. The summed E-state index contributed by atoms with van der Waals surface area (Å²) in [5.41, 5.74) is -0.0162. The van der Waals surface area contributed by atoms with Gasteiger partial charge in [-0.3, -0.25) is 0 Å². The summed E-state index contributed by atoms with van der Waals surface area (Å²) in [6.07, 6.45) is 0. The van der Waals surface area contributed by atoms with E-state index in [0.29, 0.717) is 0 Å². The molecule has 4 nitrogen and oxygen atoms in total. The molecule has 8 heavy (non-hydrogen) atoms. The van der Waals surface area contributed by atoms with E-state index in [1.54, 1.807) is 0 Å². The smallest absolute Gasteiger partial charge is 0.314 e. The van der Waals surface area contributed by atoms with Gasteiger partial charge in [0.15, 0.2) is 0 Å². The van der Waals surface area contributed by atoms with E-state index in [1.165, 1.54) is 13.6 Å². The van der Waals surface area contributed by atoms with Crippen molar-refractivity contribution in [2.75, 3.05) is 6.66 Å². The molecule has 0 saturated carbocycles. The van der Waals surface area contributed by atoms with Gasteiger partial charge in [0.1, 0.15) is 6.66 Å². The summed E-state index contributed by atoms with van der Waals surface area (Å²) in [5, 5.41) is 10.6. The van der Waals surface area contributed by atoms with Crippen LogP contribution in [0.1, 0.15) is 6.92 Å². The van der Waals surface area contributed by atoms with Crippen LogP contribution < -0.4 is 0 Å². The van der Waals surface area contributed by atoms with Gasteiger partial charge in [0, 0.05) is 6.92 Å². The second kappa shape index (κ2) is 2.40. The summed E-state index contributed by atoms with van der Waals surface area (Å²) >= 11 is 0. The van der Waals surface area contributed by atoms with Gasteiger partial charge in [-0.15, -0.1) is 0 Å². The Morgan fingerprint density at radius 3 is 1.88 bits per heavy atom. The van der Waals surface area contributed by atoms with Crippen LogP contribution in [0, 0.1) is 0 Å². The fourth-order valence-corrected chi connectivity index (χ4v) is 0.254. The van der Waals surface area contributed by atoms with E-state index < -0.39 is 7.72 Å². The molecule has 0 aliphatic carbocycles. The maximum absolute atomic E-state index is 8.66. The molecule has 0 amide bonds. The Kier molecular flexibility index (Phi) is 2.34. The second-order valence-electron chi connectivity index (χ2n) is 1.56. The Labute approximate surface area is 48.0 Å². The van der Waals surface area contributed by atoms with E-state index in [-0.39, 0.29) is 5.45 Å². The molecule has 0 aliphatic rings. The van der Waals surface area contributed by atoms with Gasteiger partial charge < -0.3 is 5.21 Å². The zero-order valence-corrected chi connectivity index (χ0v) is 5.63. The van der Waals surface area contributed by atoms with Crippen molar-refractivity contribution in [1.29, 1.82) is 0 Å². The molecule has 0 bridgehead atoms. The summed E-state index contributed by atoms with van der Waals surface area (Å²) in [6, 6.07) is 0. The first kappa shape index (κ1) is 7.82. The van der Waals surface area contributed by atoms with Gasteiger partial charge in [-0.1, -0.05) is 0 Å². The minimum atomic E-state index is -3.01. The van der Waals surface area contributed by atoms with Gasteiger partial charge in [-0.25, -0.2) is 9.79 Å². The average molecular weight is 138 g/mol. The molecule has 0 heterocycles. The third kappa shape index (κ3) is 2.21. The number of oxime groups is 1. The fourth-order valence-electron chi connectivity index (χ4n) is 0.0847. The van der Waals surface area contributed by atoms with E-state index in [1.807, 2.05) is 0 Å². The quantitative estimate of drug-likeness (QED) is 0.210. The zero-order valence-electron chi connectivity index (χ0n) is 4.74. The minimum absolute atomic E-state index is 0.0162. The van der Waals surface area contributed by atoms with Crippen LogP contribution in [0.4, 0.5) is 0 Å². The molecule has 0 fully saturated rings. The highest BCUT2D eigenvalue weighted by Gasteiger charge is 2.30. The van der Waals surface area contributed by atoms with E-state index in [9.17, 15) is 0 Å². The Morgan fingerprint density at radius 2 is 1.88 bits per heavy atom. The van der Waals surface area contributed by atoms with Crippen LogP contribution in [0.25, 0.3) is 0 Å². The van der Waals surface area contributed by atoms with E-state index in [2.05, 4.69) is 5.16 Å². The van der Waals surface area contributed by atoms with Crippen molar-refractivity contribution in [3.05, 3.63) is 0 Å². The van der Waals surface area contributed by atoms with E-state index >= 15 is 0 Å². The van der Waals surface area contributed by atoms with E-state index in [0.717, 1.165) is 0 Å². The lowest BCUT2D eigenvalue weighted by atomic mass is 10.9. The summed E-state index contributed by atoms with van der Waals surface area (Å²) in [4.78, 5) is 17.3. The lowest BCUT2D eigenvalue weighted by molar-refractivity contribution is 0.318. The number of hydrogen-bond acceptors (Lipinski definition) is 4. The Hall–Kier alpha value is -0.180. The Balaban J connectivity index is 4.03. The monoisotopic (exact) mass is 138 g/mol. The molecule has 0 atom stereocenters. The molecule has 48 valence electrons. The minimum Gasteiger partial charge on any atom is -0.408 e. The summed E-state index contributed by atoms with van der Waals surface area (Å²) in [6.45, 7) is 2.58. The topological polar surface area (TPSA) is 73.1 Å². The third-order valence-corrected chi connectivity index (χ3v) is 2.07. The highest BCUT2D eigenvalue weighted by molar-refractivity contribution is 7.80. The molecular weight excluding hydrogens is 129 g/mol. The highest BCUT2D eigenvalue weighted by atomic mass is 31.2. The van der Waals surface area contributed by atoms with Crippen molar-refractivity contribution >= 4 is 13.2 Å². The first-order valence-electron chi connectivity index (χ1n) is 1.99. The van der Waals surface area contributed by atoms with Crippen molar-refractivity contribution in [3.8, 4) is 0 Å². The van der Waals surface area contributed by atoms with Gasteiger partial charge in [0.05, 0.1) is 0 Å². The molecule has 0 unspecified atom stereocenters. The first-order chi connectivity index (χ1) is 3.48. The molecule has 0 aliphatic heterocycles. The normalized spacial score (nSPS) is 14.2. The van der Waals surface area contributed by atoms with Gasteiger partial charge in [0.2, 0.25) is 0 Å². The molecule has 0 radical (unpaired) electrons. The average Bonchev–Trinajstić information content (AvgIpc) is 1.62. The van der Waals surface area contributed by atoms with Crippen LogP contribution in [0.3, 0.4) is 0 Å². The predicted molar refractivity (Wildman–Crippen MR) is 32.2 cm³/mol. The first-order valence-corrected chi connectivity index (χ1v) is 4.14. The van der Waals surface area contributed by atoms with Gasteiger partial charge in [-0.05, 0) is 5.16 Å². The van der Waals surface area contributed by atoms with Crippen LogP contribution in [-0.2, 0) is 0 Å². The second-order valence-corrected chi connectivity index (χ2v) is 4.03. The number of nitrogens with zero attached hydrogens (tertiary/aromatic N) is 1. The van der Waals surface area contributed by atoms with Gasteiger partial charge in [0.25, 0.3) is 5.45 Å².